The van der Waals surface area contributed by atoms with Crippen molar-refractivity contribution in [2.75, 3.05) is 5.75 Å². The highest BCUT2D eigenvalue weighted by Gasteiger charge is 1.94. The number of nitrogens with two attached hydrogens (primary N) is 1. The van der Waals surface area contributed by atoms with Gasteiger partial charge in [-0.2, -0.15) is 0 Å². The predicted molar refractivity (Wildman–Crippen MR) is 56.5 cm³/mol. The summed E-state index contributed by atoms with van der Waals surface area (Å²) in [5, 5.41) is 0. The number of rotatable bonds is 4. The minimum atomic E-state index is -1.77. The van der Waals surface area contributed by atoms with Crippen LogP contribution in [-0.4, -0.2) is 14.5 Å². The van der Waals surface area contributed by atoms with Gasteiger partial charge < -0.3 is 10.3 Å². The van der Waals surface area contributed by atoms with Crippen LogP contribution in [0, 0.1) is 0 Å². The summed E-state index contributed by atoms with van der Waals surface area (Å²) in [7, 11) is 0. The van der Waals surface area contributed by atoms with Crippen LogP contribution in [0.2, 0.25) is 0 Å². The molecule has 74 valence electrons. The molecule has 0 heterocycles. The Morgan fingerprint density at radius 1 is 1.54 bits per heavy atom. The Morgan fingerprint density at radius 3 is 2.46 bits per heavy atom. The molecule has 0 aromatic rings. The highest BCUT2D eigenvalue weighted by molar-refractivity contribution is 7.79. The Bertz CT molecular complexity index is 279. The van der Waals surface area contributed by atoms with Crippen molar-refractivity contribution in [2.45, 2.75) is 13.8 Å². The molecule has 0 amide bonds. The highest BCUT2D eigenvalue weighted by atomic mass is 32.2. The predicted octanol–water partition coefficient (Wildman–Crippen LogP) is 1.57. The first kappa shape index (κ1) is 12.1. The Morgan fingerprint density at radius 2 is 2.08 bits per heavy atom. The van der Waals surface area contributed by atoms with Gasteiger partial charge in [-0.1, -0.05) is 24.3 Å². The summed E-state index contributed by atoms with van der Waals surface area (Å²) < 4.78 is 19.0. The third kappa shape index (κ3) is 6.31. The van der Waals surface area contributed by atoms with Gasteiger partial charge in [-0.3, -0.25) is 0 Å². The molecule has 3 nitrogen and oxygen atoms in total. The quantitative estimate of drug-likeness (QED) is 0.536. The van der Waals surface area contributed by atoms with Crippen LogP contribution in [-0.2, 0) is 11.1 Å². The molecule has 0 fully saturated rings. The molecule has 0 radical (unpaired) electrons. The lowest BCUT2D eigenvalue weighted by Gasteiger charge is -1.97. The first-order chi connectivity index (χ1) is 5.93. The van der Waals surface area contributed by atoms with Gasteiger partial charge in [0.25, 0.3) is 0 Å². The van der Waals surface area contributed by atoms with Crippen molar-refractivity contribution in [1.82, 2.24) is 0 Å². The normalized spacial score (nSPS) is 15.6. The minimum Gasteiger partial charge on any atom is -0.399 e. The van der Waals surface area contributed by atoms with Crippen LogP contribution in [0.1, 0.15) is 13.8 Å². The van der Waals surface area contributed by atoms with Gasteiger partial charge in [0.05, 0.1) is 5.75 Å². The maximum absolute atomic E-state index is 10.4. The van der Waals surface area contributed by atoms with E-state index in [4.69, 9.17) is 10.3 Å². The van der Waals surface area contributed by atoms with Gasteiger partial charge in [0, 0.05) is 5.70 Å². The number of hydrogen-bond donors (Lipinski definition) is 2. The third-order valence-corrected chi connectivity index (χ3v) is 2.18. The van der Waals surface area contributed by atoms with Gasteiger partial charge in [-0.05, 0) is 19.4 Å². The van der Waals surface area contributed by atoms with E-state index in [0.717, 1.165) is 11.1 Å². The summed E-state index contributed by atoms with van der Waals surface area (Å²) in [6, 6.07) is 0. The maximum Gasteiger partial charge on any atom is 0.156 e. The SMILES string of the molecule is C=C(N)/C(C)=C\C=C(/C)CS(=O)O. The van der Waals surface area contributed by atoms with Crippen LogP contribution < -0.4 is 5.73 Å². The molecule has 0 aromatic heterocycles. The number of hydrogen-bond acceptors (Lipinski definition) is 2. The number of allylic oxidation sites excluding steroid dienone is 3. The first-order valence-electron chi connectivity index (χ1n) is 3.79. The minimum absolute atomic E-state index is 0.167. The molecule has 1 atom stereocenters. The van der Waals surface area contributed by atoms with Crippen molar-refractivity contribution in [1.29, 1.82) is 0 Å². The molecule has 0 aromatic carbocycles. The van der Waals surface area contributed by atoms with E-state index in [1.54, 1.807) is 19.1 Å². The molecule has 0 aliphatic rings. The van der Waals surface area contributed by atoms with Gasteiger partial charge >= 0.3 is 0 Å². The van der Waals surface area contributed by atoms with Crippen LogP contribution >= 0.6 is 0 Å². The third-order valence-electron chi connectivity index (χ3n) is 1.48. The Labute approximate surface area is 81.3 Å². The molecule has 0 bridgehead atoms. The average molecular weight is 201 g/mol. The van der Waals surface area contributed by atoms with Crippen LogP contribution in [0.25, 0.3) is 0 Å². The second kappa shape index (κ2) is 5.72. The summed E-state index contributed by atoms with van der Waals surface area (Å²) in [6.07, 6.45) is 3.55. The van der Waals surface area contributed by atoms with Crippen molar-refractivity contribution >= 4 is 11.1 Å². The van der Waals surface area contributed by atoms with Crippen LogP contribution in [0.15, 0.2) is 35.6 Å². The molecule has 0 saturated carbocycles. The topological polar surface area (TPSA) is 63.3 Å². The van der Waals surface area contributed by atoms with Crippen LogP contribution in [0.4, 0.5) is 0 Å². The van der Waals surface area contributed by atoms with E-state index in [-0.39, 0.29) is 5.75 Å². The van der Waals surface area contributed by atoms with Gasteiger partial charge in [-0.15, -0.1) is 0 Å². The van der Waals surface area contributed by atoms with Crippen molar-refractivity contribution in [3.8, 4) is 0 Å². The zero-order valence-electron chi connectivity index (χ0n) is 7.91. The molecular weight excluding hydrogens is 186 g/mol. The summed E-state index contributed by atoms with van der Waals surface area (Å²) in [5.74, 6) is 0.167. The Kier molecular flexibility index (Phi) is 5.34. The molecule has 3 N–H and O–H groups in total. The lowest BCUT2D eigenvalue weighted by Crippen LogP contribution is -1.97. The van der Waals surface area contributed by atoms with Gasteiger partial charge in [0.1, 0.15) is 0 Å². The molecule has 4 heteroatoms. The largest absolute Gasteiger partial charge is 0.399 e. The van der Waals surface area contributed by atoms with E-state index in [0.29, 0.717) is 5.70 Å². The lowest BCUT2D eigenvalue weighted by molar-refractivity contribution is 0.566. The van der Waals surface area contributed by atoms with E-state index < -0.39 is 11.1 Å². The molecule has 13 heavy (non-hydrogen) atoms. The van der Waals surface area contributed by atoms with Gasteiger partial charge in [0.15, 0.2) is 11.1 Å². The fraction of sp³-hybridized carbons (Fsp3) is 0.333. The van der Waals surface area contributed by atoms with Crippen LogP contribution in [0.5, 0.6) is 0 Å². The molecule has 0 aliphatic heterocycles. The van der Waals surface area contributed by atoms with E-state index in [1.807, 2.05) is 6.92 Å². The summed E-state index contributed by atoms with van der Waals surface area (Å²) in [6.45, 7) is 7.19. The van der Waals surface area contributed by atoms with Gasteiger partial charge in [-0.25, -0.2) is 4.21 Å². The fourth-order valence-corrected chi connectivity index (χ4v) is 1.10. The molecule has 0 aliphatic carbocycles. The Hall–Kier alpha value is -0.870. The van der Waals surface area contributed by atoms with Crippen molar-refractivity contribution in [3.05, 3.63) is 35.6 Å². The van der Waals surface area contributed by atoms with Gasteiger partial charge in [0.2, 0.25) is 0 Å². The summed E-state index contributed by atoms with van der Waals surface area (Å²) in [4.78, 5) is 0. The van der Waals surface area contributed by atoms with Crippen molar-refractivity contribution < 1.29 is 8.76 Å². The van der Waals surface area contributed by atoms with E-state index >= 15 is 0 Å². The molecule has 0 spiro atoms. The molecule has 0 rings (SSSR count). The average Bonchev–Trinajstić information content (AvgIpc) is 1.98. The molecule has 1 unspecified atom stereocenters. The summed E-state index contributed by atoms with van der Waals surface area (Å²) in [5.41, 5.74) is 7.63. The second-order valence-corrected chi connectivity index (χ2v) is 3.79. The van der Waals surface area contributed by atoms with E-state index in [2.05, 4.69) is 6.58 Å². The molecule has 0 saturated heterocycles. The zero-order valence-corrected chi connectivity index (χ0v) is 8.73. The smallest absolute Gasteiger partial charge is 0.156 e. The highest BCUT2D eigenvalue weighted by Crippen LogP contribution is 2.02. The molecular formula is C9H15NO2S. The zero-order chi connectivity index (χ0) is 10.4. The van der Waals surface area contributed by atoms with Crippen LogP contribution in [0.3, 0.4) is 0 Å². The van der Waals surface area contributed by atoms with Crippen molar-refractivity contribution in [3.63, 3.8) is 0 Å². The maximum atomic E-state index is 10.4. The lowest BCUT2D eigenvalue weighted by atomic mass is 10.2. The first-order valence-corrected chi connectivity index (χ1v) is 5.07. The van der Waals surface area contributed by atoms with E-state index in [9.17, 15) is 4.21 Å². The monoisotopic (exact) mass is 201 g/mol. The Balaban J connectivity index is 4.33. The van der Waals surface area contributed by atoms with E-state index in [1.165, 1.54) is 0 Å². The second-order valence-electron chi connectivity index (χ2n) is 2.85. The standard InChI is InChI=1S/C9H15NO2S/c1-7(6-13(11)12)4-5-8(2)9(3)10/h4-5H,3,6,10H2,1-2H3,(H,11,12)/b7-4+,8-5-. The summed E-state index contributed by atoms with van der Waals surface area (Å²) >= 11 is -1.77. The fourth-order valence-electron chi connectivity index (χ4n) is 0.617. The van der Waals surface area contributed by atoms with Crippen molar-refractivity contribution in [2.24, 2.45) is 5.73 Å².